The lowest BCUT2D eigenvalue weighted by molar-refractivity contribution is -0.192. The van der Waals surface area contributed by atoms with Gasteiger partial charge in [0.05, 0.1) is 23.9 Å². The molecule has 12 heteroatoms. The van der Waals surface area contributed by atoms with Crippen LogP contribution in [0.25, 0.3) is 0 Å². The van der Waals surface area contributed by atoms with Crippen LogP contribution in [0.1, 0.15) is 37.8 Å². The van der Waals surface area contributed by atoms with Gasteiger partial charge in [-0.3, -0.25) is 4.79 Å². The number of halogens is 4. The zero-order valence-corrected chi connectivity index (χ0v) is 16.9. The summed E-state index contributed by atoms with van der Waals surface area (Å²) in [5.41, 5.74) is -1.08. The van der Waals surface area contributed by atoms with E-state index in [1.165, 1.54) is 0 Å². The highest BCUT2D eigenvalue weighted by molar-refractivity contribution is 5.86. The summed E-state index contributed by atoms with van der Waals surface area (Å²) >= 11 is 0. The third kappa shape index (κ3) is 5.41. The number of hydrogen-bond acceptors (Lipinski definition) is 6. The highest BCUT2D eigenvalue weighted by Gasteiger charge is 2.52. The van der Waals surface area contributed by atoms with Gasteiger partial charge in [-0.05, 0) is 44.7 Å². The number of rotatable bonds is 3. The number of amides is 1. The van der Waals surface area contributed by atoms with Gasteiger partial charge >= 0.3 is 12.1 Å². The second-order valence-corrected chi connectivity index (χ2v) is 8.20. The van der Waals surface area contributed by atoms with Crippen molar-refractivity contribution in [2.75, 3.05) is 25.0 Å². The first-order valence-electron chi connectivity index (χ1n) is 9.92. The predicted molar refractivity (Wildman–Crippen MR) is 100 cm³/mol. The monoisotopic (exact) mass is 448 g/mol. The lowest BCUT2D eigenvalue weighted by Gasteiger charge is -2.36. The number of aromatic nitrogens is 2. The summed E-state index contributed by atoms with van der Waals surface area (Å²) in [7, 11) is 0. The summed E-state index contributed by atoms with van der Waals surface area (Å²) in [4.78, 5) is 22.9. The normalized spacial score (nSPS) is 26.7. The van der Waals surface area contributed by atoms with Crippen molar-refractivity contribution >= 4 is 17.7 Å². The first kappa shape index (κ1) is 23.2. The molecule has 3 aliphatic rings. The zero-order chi connectivity index (χ0) is 22.9. The first-order chi connectivity index (χ1) is 14.4. The molecule has 0 radical (unpaired) electrons. The molecule has 1 spiro atoms. The highest BCUT2D eigenvalue weighted by atomic mass is 19.4. The van der Waals surface area contributed by atoms with Crippen LogP contribution in [0.3, 0.4) is 0 Å². The molecule has 1 aromatic heterocycles. The third-order valence-electron chi connectivity index (χ3n) is 5.73. The molecule has 2 saturated heterocycles. The van der Waals surface area contributed by atoms with Crippen molar-refractivity contribution in [1.82, 2.24) is 15.1 Å². The summed E-state index contributed by atoms with van der Waals surface area (Å²) in [6, 6.07) is 3.96. The molecule has 1 amide bonds. The number of carboxylic acid groups (broad SMARTS) is 1. The van der Waals surface area contributed by atoms with Crippen LogP contribution in [-0.2, 0) is 14.3 Å². The van der Waals surface area contributed by atoms with Gasteiger partial charge in [-0.1, -0.05) is 0 Å². The van der Waals surface area contributed by atoms with Gasteiger partial charge in [-0.2, -0.15) is 18.3 Å². The van der Waals surface area contributed by atoms with Crippen molar-refractivity contribution < 1.29 is 37.0 Å². The fraction of sp³-hybridized carbons (Fsp3) is 0.684. The maximum Gasteiger partial charge on any atom is 0.490 e. The Kier molecular flexibility index (Phi) is 6.40. The molecular weight excluding hydrogens is 424 g/mol. The van der Waals surface area contributed by atoms with Gasteiger partial charge < -0.3 is 20.1 Å². The smallest absolute Gasteiger partial charge is 0.475 e. The van der Waals surface area contributed by atoms with Crippen LogP contribution < -0.4 is 5.32 Å². The summed E-state index contributed by atoms with van der Waals surface area (Å²) in [6.45, 7) is 3.55. The number of nitrogens with one attached hydrogen (secondary N) is 1. The molecule has 8 nitrogen and oxygen atoms in total. The number of aliphatic carboxylic acids is 1. The Balaban J connectivity index is 0.000000339. The number of carboxylic acids is 1. The molecule has 4 rings (SSSR count). The number of hydrogen-bond donors (Lipinski definition) is 2. The lowest BCUT2D eigenvalue weighted by Crippen LogP contribution is -2.50. The number of carbonyl (C=O) groups is 2. The number of aryl methyl sites for hydroxylation is 1. The van der Waals surface area contributed by atoms with E-state index in [0.29, 0.717) is 32.5 Å². The van der Waals surface area contributed by atoms with E-state index in [0.717, 1.165) is 30.8 Å². The molecule has 1 saturated carbocycles. The standard InChI is InChI=1S/C17H23FN4O2.C2HF3O2/c1-12-3-4-14(21-20-12)19-13-9-16(24-10-13)7-8-22(11-16)15(23)17(18)5-2-6-17;3-2(4,5)1(6)7/h3-4,13H,2,5-11H2,1H3,(H,19,21);(H,6,7). The van der Waals surface area contributed by atoms with E-state index in [1.54, 1.807) is 4.90 Å². The number of likely N-dealkylation sites (tertiary alicyclic amines) is 1. The molecule has 0 aromatic carbocycles. The van der Waals surface area contributed by atoms with E-state index in [9.17, 15) is 22.4 Å². The second kappa shape index (κ2) is 8.56. The summed E-state index contributed by atoms with van der Waals surface area (Å²) in [5, 5.41) is 18.6. The number of alkyl halides is 4. The highest BCUT2D eigenvalue weighted by Crippen LogP contribution is 2.41. The van der Waals surface area contributed by atoms with Gasteiger partial charge in [0.1, 0.15) is 5.82 Å². The Bertz CT molecular complexity index is 816. The molecule has 3 heterocycles. The van der Waals surface area contributed by atoms with Gasteiger partial charge in [0.15, 0.2) is 5.67 Å². The summed E-state index contributed by atoms with van der Waals surface area (Å²) < 4.78 is 52.1. The van der Waals surface area contributed by atoms with Crippen molar-refractivity contribution in [3.63, 3.8) is 0 Å². The Morgan fingerprint density at radius 3 is 2.45 bits per heavy atom. The number of anilines is 1. The molecule has 2 aliphatic heterocycles. The van der Waals surface area contributed by atoms with Crippen LogP contribution in [0.15, 0.2) is 12.1 Å². The van der Waals surface area contributed by atoms with Crippen molar-refractivity contribution in [1.29, 1.82) is 0 Å². The minimum Gasteiger partial charge on any atom is -0.475 e. The van der Waals surface area contributed by atoms with Crippen LogP contribution in [0, 0.1) is 6.92 Å². The molecule has 2 unspecified atom stereocenters. The average molecular weight is 448 g/mol. The van der Waals surface area contributed by atoms with Crippen LogP contribution in [0.5, 0.6) is 0 Å². The third-order valence-corrected chi connectivity index (χ3v) is 5.73. The zero-order valence-electron chi connectivity index (χ0n) is 16.9. The SMILES string of the molecule is Cc1ccc(NC2COC3(CCN(C(=O)C4(F)CCC4)C3)C2)nn1.O=C(O)C(F)(F)F. The summed E-state index contributed by atoms with van der Waals surface area (Å²) in [6.07, 6.45) is -1.97. The van der Waals surface area contributed by atoms with Gasteiger partial charge in [0.25, 0.3) is 5.91 Å². The molecule has 3 fully saturated rings. The minimum absolute atomic E-state index is 0.139. The van der Waals surface area contributed by atoms with E-state index in [-0.39, 0.29) is 17.6 Å². The Hall–Kier alpha value is -2.50. The molecule has 2 N–H and O–H groups in total. The van der Waals surface area contributed by atoms with Crippen molar-refractivity contribution in [2.24, 2.45) is 0 Å². The second-order valence-electron chi connectivity index (χ2n) is 8.20. The Morgan fingerprint density at radius 1 is 1.26 bits per heavy atom. The van der Waals surface area contributed by atoms with Gasteiger partial charge in [0.2, 0.25) is 0 Å². The van der Waals surface area contributed by atoms with Crippen molar-refractivity contribution in [2.45, 2.75) is 62.5 Å². The van der Waals surface area contributed by atoms with Gasteiger partial charge in [0, 0.05) is 19.5 Å². The van der Waals surface area contributed by atoms with Crippen LogP contribution in [-0.4, -0.2) is 75.3 Å². The van der Waals surface area contributed by atoms with E-state index in [2.05, 4.69) is 15.5 Å². The maximum atomic E-state index is 14.4. The van der Waals surface area contributed by atoms with E-state index < -0.39 is 17.8 Å². The van der Waals surface area contributed by atoms with Gasteiger partial charge in [-0.25, -0.2) is 9.18 Å². The molecule has 1 aromatic rings. The topological polar surface area (TPSA) is 105 Å². The number of nitrogens with zero attached hydrogens (tertiary/aromatic N) is 3. The number of ether oxygens (including phenoxy) is 1. The van der Waals surface area contributed by atoms with E-state index in [4.69, 9.17) is 14.6 Å². The first-order valence-corrected chi connectivity index (χ1v) is 9.92. The molecule has 2 atom stereocenters. The Morgan fingerprint density at radius 2 is 1.94 bits per heavy atom. The lowest BCUT2D eigenvalue weighted by atomic mass is 9.81. The molecule has 1 aliphatic carbocycles. The maximum absolute atomic E-state index is 14.4. The molecule has 0 bridgehead atoms. The van der Waals surface area contributed by atoms with E-state index in [1.807, 2.05) is 19.1 Å². The predicted octanol–water partition coefficient (Wildman–Crippen LogP) is 2.48. The average Bonchev–Trinajstić information content (AvgIpc) is 3.27. The van der Waals surface area contributed by atoms with Crippen LogP contribution >= 0.6 is 0 Å². The quantitative estimate of drug-likeness (QED) is 0.685. The fourth-order valence-corrected chi connectivity index (χ4v) is 3.91. The summed E-state index contributed by atoms with van der Waals surface area (Å²) in [5.74, 6) is -2.36. The molecule has 172 valence electrons. The van der Waals surface area contributed by atoms with Crippen molar-refractivity contribution in [3.8, 4) is 0 Å². The van der Waals surface area contributed by atoms with Crippen LogP contribution in [0.2, 0.25) is 0 Å². The van der Waals surface area contributed by atoms with Gasteiger partial charge in [-0.15, -0.1) is 5.10 Å². The molecular formula is C19H24F4N4O4. The largest absolute Gasteiger partial charge is 0.490 e. The molecule has 31 heavy (non-hydrogen) atoms. The van der Waals surface area contributed by atoms with Crippen LogP contribution in [0.4, 0.5) is 23.4 Å². The minimum atomic E-state index is -5.08. The fourth-order valence-electron chi connectivity index (χ4n) is 3.91. The Labute approximate surface area is 176 Å². The van der Waals surface area contributed by atoms with Crippen molar-refractivity contribution in [3.05, 3.63) is 17.8 Å². The number of carbonyl (C=O) groups excluding carboxylic acids is 1. The van der Waals surface area contributed by atoms with E-state index >= 15 is 0 Å².